The van der Waals surface area contributed by atoms with Gasteiger partial charge >= 0.3 is 0 Å². The lowest BCUT2D eigenvalue weighted by Gasteiger charge is -2.20. The summed E-state index contributed by atoms with van der Waals surface area (Å²) in [4.78, 5) is 18.4. The van der Waals surface area contributed by atoms with Crippen LogP contribution in [0, 0.1) is 5.92 Å². The van der Waals surface area contributed by atoms with E-state index in [9.17, 15) is 0 Å². The van der Waals surface area contributed by atoms with Crippen molar-refractivity contribution in [3.63, 3.8) is 0 Å². The number of anilines is 1. The molecule has 2 heterocycles. The Bertz CT molecular complexity index is 845. The molecule has 2 N–H and O–H groups in total. The Labute approximate surface area is 128 Å². The molecule has 1 atom stereocenters. The van der Waals surface area contributed by atoms with Crippen molar-refractivity contribution in [2.75, 3.05) is 5.73 Å². The Hall–Kier alpha value is -2.56. The number of aryl methyl sites for hydroxylation is 1. The number of fused-ring (bicyclic) bond motifs is 2. The molecule has 22 heavy (non-hydrogen) atoms. The van der Waals surface area contributed by atoms with Gasteiger partial charge in [-0.2, -0.15) is 0 Å². The van der Waals surface area contributed by atoms with Gasteiger partial charge in [0.05, 0.1) is 11.4 Å². The molecule has 0 saturated carbocycles. The van der Waals surface area contributed by atoms with Gasteiger partial charge in [0, 0.05) is 5.56 Å². The van der Waals surface area contributed by atoms with E-state index in [1.54, 1.807) is 0 Å². The molecule has 5 heteroatoms. The number of aromatic nitrogens is 4. The normalized spacial score (nSPS) is 17.4. The number of hydrogen-bond acceptors (Lipinski definition) is 5. The SMILES string of the molecule is C[C@@H]1CCc2nc3nc(-c4ccccc4)nc(N)c3nc2C1. The standard InChI is InChI=1S/C17H17N5/c1-10-7-8-12-13(9-10)19-14-15(18)21-16(22-17(14)20-12)11-5-3-2-4-6-11/h2-6,10H,7-9H2,1H3,(H2,18,20,21,22)/t10-/m1/s1. The van der Waals surface area contributed by atoms with Crippen molar-refractivity contribution in [2.24, 2.45) is 5.92 Å². The van der Waals surface area contributed by atoms with E-state index in [0.29, 0.717) is 28.7 Å². The average Bonchev–Trinajstić information content (AvgIpc) is 2.54. The molecule has 0 fully saturated rings. The third kappa shape index (κ3) is 2.19. The Morgan fingerprint density at radius 1 is 1.00 bits per heavy atom. The molecular weight excluding hydrogens is 274 g/mol. The van der Waals surface area contributed by atoms with Gasteiger partial charge in [-0.1, -0.05) is 37.3 Å². The summed E-state index contributed by atoms with van der Waals surface area (Å²) in [6.07, 6.45) is 3.07. The number of nitrogen functional groups attached to an aromatic ring is 1. The number of hydrogen-bond donors (Lipinski definition) is 1. The van der Waals surface area contributed by atoms with E-state index in [4.69, 9.17) is 10.7 Å². The maximum absolute atomic E-state index is 6.11. The quantitative estimate of drug-likeness (QED) is 0.746. The Balaban J connectivity index is 1.90. The van der Waals surface area contributed by atoms with Crippen LogP contribution in [-0.4, -0.2) is 19.9 Å². The lowest BCUT2D eigenvalue weighted by Crippen LogP contribution is -2.16. The van der Waals surface area contributed by atoms with Gasteiger partial charge in [0.2, 0.25) is 0 Å². The van der Waals surface area contributed by atoms with E-state index in [-0.39, 0.29) is 0 Å². The first-order valence-corrected chi connectivity index (χ1v) is 7.59. The molecule has 5 nitrogen and oxygen atoms in total. The van der Waals surface area contributed by atoms with Gasteiger partial charge < -0.3 is 5.73 Å². The number of nitrogens with zero attached hydrogens (tertiary/aromatic N) is 4. The predicted octanol–water partition coefficient (Wildman–Crippen LogP) is 2.79. The highest BCUT2D eigenvalue weighted by molar-refractivity contribution is 5.83. The van der Waals surface area contributed by atoms with Gasteiger partial charge in [0.1, 0.15) is 0 Å². The van der Waals surface area contributed by atoms with Gasteiger partial charge in [-0.25, -0.2) is 19.9 Å². The fourth-order valence-corrected chi connectivity index (χ4v) is 2.93. The lowest BCUT2D eigenvalue weighted by atomic mass is 9.91. The van der Waals surface area contributed by atoms with Crippen LogP contribution in [0.4, 0.5) is 5.82 Å². The minimum Gasteiger partial charge on any atom is -0.382 e. The minimum absolute atomic E-state index is 0.400. The Morgan fingerprint density at radius 2 is 1.82 bits per heavy atom. The van der Waals surface area contributed by atoms with Crippen LogP contribution in [0.15, 0.2) is 30.3 Å². The van der Waals surface area contributed by atoms with E-state index in [2.05, 4.69) is 21.9 Å². The van der Waals surface area contributed by atoms with Crippen LogP contribution in [0.1, 0.15) is 24.7 Å². The summed E-state index contributed by atoms with van der Waals surface area (Å²) in [5.74, 6) is 1.64. The van der Waals surface area contributed by atoms with Crippen LogP contribution in [0.2, 0.25) is 0 Å². The van der Waals surface area contributed by atoms with Crippen LogP contribution in [0.5, 0.6) is 0 Å². The number of rotatable bonds is 1. The Kier molecular flexibility index (Phi) is 2.99. The maximum Gasteiger partial charge on any atom is 0.184 e. The summed E-state index contributed by atoms with van der Waals surface area (Å²) in [6.45, 7) is 2.24. The first kappa shape index (κ1) is 13.1. The van der Waals surface area contributed by atoms with Crippen LogP contribution < -0.4 is 5.73 Å². The van der Waals surface area contributed by atoms with Crippen LogP contribution in [0.25, 0.3) is 22.6 Å². The summed E-state index contributed by atoms with van der Waals surface area (Å²) in [5.41, 5.74) is 10.4. The summed E-state index contributed by atoms with van der Waals surface area (Å²) >= 11 is 0. The van der Waals surface area contributed by atoms with Crippen LogP contribution in [0.3, 0.4) is 0 Å². The van der Waals surface area contributed by atoms with Crippen LogP contribution >= 0.6 is 0 Å². The van der Waals surface area contributed by atoms with E-state index in [0.717, 1.165) is 36.2 Å². The Morgan fingerprint density at radius 3 is 2.64 bits per heavy atom. The largest absolute Gasteiger partial charge is 0.382 e. The third-order valence-electron chi connectivity index (χ3n) is 4.16. The molecule has 0 radical (unpaired) electrons. The molecule has 0 saturated heterocycles. The molecular formula is C17H17N5. The zero-order valence-corrected chi connectivity index (χ0v) is 12.5. The zero-order chi connectivity index (χ0) is 15.1. The number of nitrogens with two attached hydrogens (primary N) is 1. The monoisotopic (exact) mass is 291 g/mol. The predicted molar refractivity (Wildman–Crippen MR) is 86.2 cm³/mol. The highest BCUT2D eigenvalue weighted by Crippen LogP contribution is 2.26. The maximum atomic E-state index is 6.11. The van der Waals surface area contributed by atoms with Crippen molar-refractivity contribution >= 4 is 17.0 Å². The highest BCUT2D eigenvalue weighted by atomic mass is 15.0. The third-order valence-corrected chi connectivity index (χ3v) is 4.16. The van der Waals surface area contributed by atoms with Gasteiger partial charge in [0.25, 0.3) is 0 Å². The average molecular weight is 291 g/mol. The second kappa shape index (κ2) is 5.02. The van der Waals surface area contributed by atoms with Crippen molar-refractivity contribution in [1.82, 2.24) is 19.9 Å². The van der Waals surface area contributed by atoms with Crippen molar-refractivity contribution in [3.8, 4) is 11.4 Å². The molecule has 1 aliphatic rings. The highest BCUT2D eigenvalue weighted by Gasteiger charge is 2.20. The molecule has 0 bridgehead atoms. The molecule has 0 amide bonds. The molecule has 0 unspecified atom stereocenters. The molecule has 3 aromatic rings. The topological polar surface area (TPSA) is 77.6 Å². The fraction of sp³-hybridized carbons (Fsp3) is 0.294. The minimum atomic E-state index is 0.400. The molecule has 0 spiro atoms. The van der Waals surface area contributed by atoms with Gasteiger partial charge in [-0.15, -0.1) is 0 Å². The van der Waals surface area contributed by atoms with Crippen LogP contribution in [-0.2, 0) is 12.8 Å². The molecule has 4 rings (SSSR count). The fourth-order valence-electron chi connectivity index (χ4n) is 2.93. The van der Waals surface area contributed by atoms with Crippen molar-refractivity contribution in [3.05, 3.63) is 41.7 Å². The number of benzene rings is 1. The second-order valence-electron chi connectivity index (χ2n) is 5.94. The summed E-state index contributed by atoms with van der Waals surface area (Å²) < 4.78 is 0. The van der Waals surface area contributed by atoms with E-state index >= 15 is 0 Å². The molecule has 1 aromatic carbocycles. The molecule has 1 aliphatic carbocycles. The van der Waals surface area contributed by atoms with Gasteiger partial charge in [-0.3, -0.25) is 0 Å². The first-order chi connectivity index (χ1) is 10.7. The lowest BCUT2D eigenvalue weighted by molar-refractivity contribution is 0.486. The van der Waals surface area contributed by atoms with Crippen molar-refractivity contribution in [1.29, 1.82) is 0 Å². The second-order valence-corrected chi connectivity index (χ2v) is 5.94. The van der Waals surface area contributed by atoms with Crippen molar-refractivity contribution in [2.45, 2.75) is 26.2 Å². The first-order valence-electron chi connectivity index (χ1n) is 7.59. The van der Waals surface area contributed by atoms with E-state index in [1.165, 1.54) is 0 Å². The van der Waals surface area contributed by atoms with E-state index in [1.807, 2.05) is 30.3 Å². The smallest absolute Gasteiger partial charge is 0.184 e. The van der Waals surface area contributed by atoms with Crippen molar-refractivity contribution < 1.29 is 0 Å². The van der Waals surface area contributed by atoms with Gasteiger partial charge in [-0.05, 0) is 25.2 Å². The summed E-state index contributed by atoms with van der Waals surface area (Å²) in [6, 6.07) is 9.81. The summed E-state index contributed by atoms with van der Waals surface area (Å²) in [5, 5.41) is 0. The van der Waals surface area contributed by atoms with Gasteiger partial charge in [0.15, 0.2) is 22.8 Å². The van der Waals surface area contributed by atoms with E-state index < -0.39 is 0 Å². The molecule has 2 aromatic heterocycles. The molecule has 110 valence electrons. The molecule has 0 aliphatic heterocycles. The summed E-state index contributed by atoms with van der Waals surface area (Å²) in [7, 11) is 0. The zero-order valence-electron chi connectivity index (χ0n) is 12.5.